The van der Waals surface area contributed by atoms with Gasteiger partial charge in [0.2, 0.25) is 0 Å². The third-order valence-corrected chi connectivity index (χ3v) is 12.6. The van der Waals surface area contributed by atoms with E-state index in [0.717, 1.165) is 57.8 Å². The van der Waals surface area contributed by atoms with E-state index < -0.39 is 34.1 Å². The summed E-state index contributed by atoms with van der Waals surface area (Å²) >= 11 is 0. The zero-order valence-electron chi connectivity index (χ0n) is 36.1. The number of hydrogen-bond donors (Lipinski definition) is 1. The number of hydrogen-bond acceptors (Lipinski definition) is 11. The van der Waals surface area contributed by atoms with Gasteiger partial charge in [0, 0.05) is 82.2 Å². The number of aromatic nitrogens is 2. The Morgan fingerprint density at radius 3 is 2.42 bits per heavy atom. The average molecular weight is 849 g/mol. The van der Waals surface area contributed by atoms with Crippen LogP contribution in [-0.2, 0) is 37.6 Å². The molecule has 60 heavy (non-hydrogen) atoms. The van der Waals surface area contributed by atoms with E-state index in [4.69, 9.17) is 23.7 Å². The second-order valence-corrected chi connectivity index (χ2v) is 18.5. The fourth-order valence-corrected chi connectivity index (χ4v) is 8.62. The summed E-state index contributed by atoms with van der Waals surface area (Å²) in [4.78, 5) is 34.8. The van der Waals surface area contributed by atoms with Gasteiger partial charge in [0.1, 0.15) is 30.3 Å². The lowest BCUT2D eigenvalue weighted by molar-refractivity contribution is -0.106. The molecule has 6 rings (SSSR count). The zero-order valence-corrected chi connectivity index (χ0v) is 36.9. The minimum atomic E-state index is -4.24. The van der Waals surface area contributed by atoms with Crippen molar-refractivity contribution < 1.29 is 41.7 Å². The van der Waals surface area contributed by atoms with Gasteiger partial charge in [-0.25, -0.2) is 9.52 Å². The number of nitrogens with one attached hydrogen (secondary N) is 1. The molecule has 326 valence electrons. The molecule has 1 aliphatic carbocycles. The van der Waals surface area contributed by atoms with Gasteiger partial charge in [0.15, 0.2) is 6.29 Å². The maximum Gasteiger partial charge on any atom is 0.410 e. The summed E-state index contributed by atoms with van der Waals surface area (Å²) < 4.78 is 61.1. The van der Waals surface area contributed by atoms with Crippen LogP contribution < -0.4 is 14.2 Å². The Balaban J connectivity index is 1.42. The van der Waals surface area contributed by atoms with Crippen molar-refractivity contribution in [1.82, 2.24) is 28.4 Å². The summed E-state index contributed by atoms with van der Waals surface area (Å²) in [5.41, 5.74) is 4.30. The lowest BCUT2D eigenvalue weighted by Crippen LogP contribution is -2.45. The molecule has 1 saturated carbocycles. The zero-order chi connectivity index (χ0) is 43.2. The number of carbonyl (C=O) groups excluding carboxylic acids is 2. The van der Waals surface area contributed by atoms with E-state index in [1.54, 1.807) is 30.3 Å². The number of pyridine rings is 1. The van der Waals surface area contributed by atoms with Crippen molar-refractivity contribution in [2.45, 2.75) is 89.9 Å². The second-order valence-electron chi connectivity index (χ2n) is 16.7. The number of methoxy groups -OCH3 is 2. The van der Waals surface area contributed by atoms with Gasteiger partial charge in [-0.2, -0.15) is 12.7 Å². The number of likely N-dealkylation sites (N-methyl/N-ethyl adjacent to an activating group) is 3. The summed E-state index contributed by atoms with van der Waals surface area (Å²) in [5, 5.41) is 1.01. The van der Waals surface area contributed by atoms with Crippen molar-refractivity contribution >= 4 is 33.1 Å². The van der Waals surface area contributed by atoms with Crippen LogP contribution in [0.3, 0.4) is 0 Å². The topological polar surface area (TPSA) is 154 Å². The Morgan fingerprint density at radius 2 is 1.73 bits per heavy atom. The van der Waals surface area contributed by atoms with E-state index in [0.29, 0.717) is 44.3 Å². The van der Waals surface area contributed by atoms with Gasteiger partial charge in [0.05, 0.1) is 24.0 Å². The highest BCUT2D eigenvalue weighted by Crippen LogP contribution is 2.48. The number of carbonyl (C=O) groups is 2. The molecule has 1 atom stereocenters. The maximum atomic E-state index is 13.8. The third kappa shape index (κ3) is 10.8. The molecule has 2 amide bonds. The van der Waals surface area contributed by atoms with Crippen LogP contribution in [0.15, 0.2) is 60.8 Å². The van der Waals surface area contributed by atoms with Crippen LogP contribution in [0, 0.1) is 0 Å². The monoisotopic (exact) mass is 848 g/mol. The fraction of sp³-hybridized carbons (Fsp3) is 0.523. The highest BCUT2D eigenvalue weighted by molar-refractivity contribution is 7.87. The fourth-order valence-electron chi connectivity index (χ4n) is 7.80. The molecule has 0 bridgehead atoms. The number of rotatable bonds is 15. The van der Waals surface area contributed by atoms with Gasteiger partial charge >= 0.3 is 16.3 Å². The molecular formula is C44H60N6O9S. The van der Waals surface area contributed by atoms with Crippen LogP contribution in [0.5, 0.6) is 11.5 Å². The summed E-state index contributed by atoms with van der Waals surface area (Å²) in [7, 11) is 3.68. The van der Waals surface area contributed by atoms with E-state index in [1.165, 1.54) is 33.3 Å². The first-order valence-corrected chi connectivity index (χ1v) is 22.0. The van der Waals surface area contributed by atoms with Crippen molar-refractivity contribution in [3.8, 4) is 22.8 Å². The average Bonchev–Trinajstić information content (AvgIpc) is 3.53. The highest BCUT2D eigenvalue weighted by Gasteiger charge is 2.33. The summed E-state index contributed by atoms with van der Waals surface area (Å²) in [5.74, 6) is 0.800. The van der Waals surface area contributed by atoms with Gasteiger partial charge in [0.25, 0.3) is 5.91 Å². The van der Waals surface area contributed by atoms with Gasteiger partial charge < -0.3 is 33.2 Å². The van der Waals surface area contributed by atoms with E-state index in [-0.39, 0.29) is 24.1 Å². The van der Waals surface area contributed by atoms with Crippen LogP contribution in [0.25, 0.3) is 22.2 Å². The van der Waals surface area contributed by atoms with E-state index in [2.05, 4.69) is 19.2 Å². The highest BCUT2D eigenvalue weighted by atomic mass is 32.2. The molecule has 16 heteroatoms. The molecule has 15 nitrogen and oxygen atoms in total. The molecule has 2 aromatic carbocycles. The molecule has 4 aromatic rings. The number of amides is 2. The van der Waals surface area contributed by atoms with Crippen molar-refractivity contribution in [1.29, 1.82) is 0 Å². The lowest BCUT2D eigenvalue weighted by Gasteiger charge is -2.33. The number of benzene rings is 2. The smallest absolute Gasteiger partial charge is 0.410 e. The first-order chi connectivity index (χ1) is 28.6. The van der Waals surface area contributed by atoms with E-state index >= 15 is 0 Å². The molecule has 2 aliphatic rings. The van der Waals surface area contributed by atoms with Crippen LogP contribution >= 0.6 is 0 Å². The predicted octanol–water partition coefficient (Wildman–Crippen LogP) is 6.42. The predicted molar refractivity (Wildman–Crippen MR) is 229 cm³/mol. The van der Waals surface area contributed by atoms with Crippen molar-refractivity contribution in [3.63, 3.8) is 0 Å². The standard InChI is InChI=1S/C44H60N6O9S/c1-44(2,3)59-43(52)48(5)23-22-47(4)33-26-50-37-24-31(42(51)46-60(53,54)49(6)27-39(55-7)56-8)17-19-35(37)40(30-14-10-9-11-15-30)41(50)36-20-18-34(25-38(36)58-29-33)57-28-32-16-12-13-21-45-32/h12-13,16-21,24-25,30,33,39H,9-11,14-15,22-23,26-29H2,1-8H3,(H,46,51)/t33-/m1/s1. The molecule has 0 radical (unpaired) electrons. The largest absolute Gasteiger partial charge is 0.491 e. The van der Waals surface area contributed by atoms with Crippen LogP contribution in [0.1, 0.15) is 80.4 Å². The SMILES string of the molecule is COC(CN(C)S(=O)(=O)NC(=O)c1ccc2c(C3CCCCC3)c3n(c2c1)C[C@@H](N(C)CCN(C)C(=O)OC(C)(C)C)COc1cc(OCc2ccccn2)ccc1-3)OC. The number of nitrogens with zero attached hydrogens (tertiary/aromatic N) is 5. The van der Waals surface area contributed by atoms with Crippen molar-refractivity contribution in [2.24, 2.45) is 0 Å². The quantitative estimate of drug-likeness (QED) is 0.132. The summed E-state index contributed by atoms with van der Waals surface area (Å²) in [6, 6.07) is 16.9. The van der Waals surface area contributed by atoms with Gasteiger partial charge in [-0.1, -0.05) is 31.4 Å². The molecule has 1 fully saturated rings. The van der Waals surface area contributed by atoms with Crippen molar-refractivity contribution in [2.75, 3.05) is 61.6 Å². The van der Waals surface area contributed by atoms with Gasteiger partial charge in [-0.3, -0.25) is 14.7 Å². The summed E-state index contributed by atoms with van der Waals surface area (Å²) in [6.07, 6.45) is 5.96. The molecular weight excluding hydrogens is 789 g/mol. The number of fused-ring (bicyclic) bond motifs is 5. The minimum absolute atomic E-state index is 0.120. The molecule has 0 unspecified atom stereocenters. The normalized spacial score (nSPS) is 16.2. The van der Waals surface area contributed by atoms with E-state index in [1.807, 2.05) is 70.3 Å². The van der Waals surface area contributed by atoms with Gasteiger partial charge in [-0.05, 0) is 88.5 Å². The summed E-state index contributed by atoms with van der Waals surface area (Å²) in [6.45, 7) is 7.45. The molecule has 0 saturated heterocycles. The Labute approximate surface area is 354 Å². The van der Waals surface area contributed by atoms with Crippen LogP contribution in [-0.4, -0.2) is 124 Å². The van der Waals surface area contributed by atoms with Crippen molar-refractivity contribution in [3.05, 3.63) is 77.6 Å². The van der Waals surface area contributed by atoms with Gasteiger partial charge in [-0.15, -0.1) is 0 Å². The lowest BCUT2D eigenvalue weighted by atomic mass is 9.81. The molecule has 2 aromatic heterocycles. The molecule has 1 aliphatic heterocycles. The minimum Gasteiger partial charge on any atom is -0.491 e. The molecule has 0 spiro atoms. The van der Waals surface area contributed by atoms with Crippen LogP contribution in [0.4, 0.5) is 4.79 Å². The number of ether oxygens (including phenoxy) is 5. The molecule has 3 heterocycles. The maximum absolute atomic E-state index is 13.8. The first kappa shape index (κ1) is 44.8. The second kappa shape index (κ2) is 19.3. The Kier molecular flexibility index (Phi) is 14.4. The Bertz CT molecular complexity index is 2220. The first-order valence-electron chi connectivity index (χ1n) is 20.5. The van der Waals surface area contributed by atoms with E-state index in [9.17, 15) is 18.0 Å². The van der Waals surface area contributed by atoms with Crippen LogP contribution in [0.2, 0.25) is 0 Å². The Morgan fingerprint density at radius 1 is 0.983 bits per heavy atom. The molecule has 1 N–H and O–H groups in total. The third-order valence-electron chi connectivity index (χ3n) is 11.2. The Hall–Kier alpha value is -4.74.